The van der Waals surface area contributed by atoms with Gasteiger partial charge in [-0.25, -0.2) is 19.6 Å². The zero-order valence-corrected chi connectivity index (χ0v) is 36.4. The Morgan fingerprint density at radius 2 is 1.23 bits per heavy atom. The molecule has 2 saturated heterocycles. The van der Waals surface area contributed by atoms with Crippen molar-refractivity contribution in [3.63, 3.8) is 0 Å². The van der Waals surface area contributed by atoms with Crippen LogP contribution in [-0.4, -0.2) is 87.7 Å². The molecule has 0 radical (unpaired) electrons. The van der Waals surface area contributed by atoms with E-state index in [1.165, 1.54) is 14.2 Å². The Kier molecular flexibility index (Phi) is 11.4. The van der Waals surface area contributed by atoms with Crippen molar-refractivity contribution >= 4 is 35.0 Å². The van der Waals surface area contributed by atoms with Gasteiger partial charge in [-0.3, -0.25) is 9.59 Å². The number of nitrogens with zero attached hydrogens (tertiary/aromatic N) is 4. The number of hydrogen-bond acceptors (Lipinski definition) is 10. The van der Waals surface area contributed by atoms with Gasteiger partial charge in [0.05, 0.1) is 62.3 Å². The van der Waals surface area contributed by atoms with E-state index >= 15 is 0 Å². The number of hydrogen-bond donors (Lipinski definition) is 4. The Balaban J connectivity index is 0.875. The van der Waals surface area contributed by atoms with E-state index in [9.17, 15) is 19.2 Å². The summed E-state index contributed by atoms with van der Waals surface area (Å²) in [4.78, 5) is 72.8. The van der Waals surface area contributed by atoms with Crippen LogP contribution in [0.3, 0.4) is 0 Å². The Hall–Kier alpha value is -7.88. The predicted molar refractivity (Wildman–Crippen MR) is 243 cm³/mol. The summed E-state index contributed by atoms with van der Waals surface area (Å²) in [5, 5.41) is 6.41. The largest absolute Gasteiger partial charge is 0.492 e. The first kappa shape index (κ1) is 42.1. The van der Waals surface area contributed by atoms with Gasteiger partial charge in [-0.15, -0.1) is 0 Å². The number of rotatable bonds is 10. The molecule has 2 fully saturated rings. The summed E-state index contributed by atoms with van der Waals surface area (Å²) in [5.74, 6) is 2.31. The normalized spacial score (nSPS) is 17.5. The number of carbonyl (C=O) groups excluding carboxylic acids is 4. The number of aromatic amines is 2. The smallest absolute Gasteiger partial charge is 0.407 e. The molecule has 4 amide bonds. The van der Waals surface area contributed by atoms with Crippen molar-refractivity contribution in [2.45, 2.75) is 56.3 Å². The number of nitrogens with one attached hydrogen (secondary N) is 4. The second-order valence-corrected chi connectivity index (χ2v) is 16.6. The first-order valence-corrected chi connectivity index (χ1v) is 22.1. The van der Waals surface area contributed by atoms with Crippen molar-refractivity contribution in [1.82, 2.24) is 40.4 Å². The third-order valence-electron chi connectivity index (χ3n) is 12.8. The summed E-state index contributed by atoms with van der Waals surface area (Å²) in [5.41, 5.74) is 7.34. The molecule has 4 aromatic carbocycles. The molecule has 10 rings (SSSR count). The average Bonchev–Trinajstić information content (AvgIpc) is 4.22. The summed E-state index contributed by atoms with van der Waals surface area (Å²) >= 11 is 0. The second kappa shape index (κ2) is 17.9. The molecule has 3 aromatic heterocycles. The van der Waals surface area contributed by atoms with Crippen molar-refractivity contribution in [3.8, 4) is 39.6 Å². The van der Waals surface area contributed by atoms with Gasteiger partial charge in [-0.1, -0.05) is 66.7 Å². The monoisotopic (exact) mass is 888 g/mol. The number of carbonyl (C=O) groups is 4. The molecule has 0 aliphatic carbocycles. The Morgan fingerprint density at radius 1 is 0.697 bits per heavy atom. The lowest BCUT2D eigenvalue weighted by Crippen LogP contribution is -2.42. The third kappa shape index (κ3) is 7.99. The standard InChI is InChI=1S/C50H48N8O8/c1-63-49(61)55-42(29-11-5-3-6-12-29)47(59)57-22-9-15-38(57)45-51-27-36(53-45)31-18-20-40-35(25-31)33-21-24-65-41-26-32(17-19-34(41)44(33)66-40)37-28-52-46(54-37)39-16-10-23-58(39)48(60)43(56-50(62)64-2)30-13-7-4-8-14-30/h3-8,11-14,17-20,25-28,38-39,42-43H,9-10,15-16,21-24H2,1-2H3,(H,51,53)(H,52,54)(H,55,61)(H,56,62)/t38-,39-,42?,43-/m0/s1. The number of fused-ring (bicyclic) bond motifs is 5. The number of H-pyrrole nitrogens is 2. The molecule has 4 N–H and O–H groups in total. The molecule has 0 spiro atoms. The first-order chi connectivity index (χ1) is 32.3. The number of alkyl carbamates (subject to hydrolysis) is 2. The minimum atomic E-state index is -0.908. The van der Waals surface area contributed by atoms with Crippen LogP contribution in [-0.2, 0) is 25.5 Å². The van der Waals surface area contributed by atoms with Gasteiger partial charge in [0.25, 0.3) is 11.8 Å². The van der Waals surface area contributed by atoms with E-state index in [0.717, 1.165) is 76.1 Å². The number of furan rings is 1. The molecule has 6 heterocycles. The van der Waals surface area contributed by atoms with Crippen LogP contribution in [0.2, 0.25) is 0 Å². The molecule has 4 atom stereocenters. The fraction of sp³-hybridized carbons (Fsp3) is 0.280. The molecular weight excluding hydrogens is 841 g/mol. The molecule has 0 saturated carbocycles. The molecule has 66 heavy (non-hydrogen) atoms. The zero-order valence-electron chi connectivity index (χ0n) is 36.4. The van der Waals surface area contributed by atoms with Gasteiger partial charge in [-0.05, 0) is 67.1 Å². The predicted octanol–water partition coefficient (Wildman–Crippen LogP) is 8.34. The van der Waals surface area contributed by atoms with Crippen molar-refractivity contribution in [2.75, 3.05) is 33.9 Å². The van der Waals surface area contributed by atoms with Gasteiger partial charge in [0.15, 0.2) is 0 Å². The minimum Gasteiger partial charge on any atom is -0.492 e. The number of likely N-dealkylation sites (tertiary alicyclic amines) is 2. The molecular formula is C50H48N8O8. The number of benzene rings is 4. The van der Waals surface area contributed by atoms with Crippen LogP contribution in [0.4, 0.5) is 9.59 Å². The van der Waals surface area contributed by atoms with E-state index in [-0.39, 0.29) is 23.9 Å². The summed E-state index contributed by atoms with van der Waals surface area (Å²) in [6.45, 7) is 1.49. The van der Waals surface area contributed by atoms with Crippen LogP contribution in [0.5, 0.6) is 5.75 Å². The van der Waals surface area contributed by atoms with Crippen LogP contribution in [0, 0.1) is 0 Å². The van der Waals surface area contributed by atoms with Gasteiger partial charge in [-0.2, -0.15) is 0 Å². The van der Waals surface area contributed by atoms with Gasteiger partial charge in [0.2, 0.25) is 0 Å². The van der Waals surface area contributed by atoms with Gasteiger partial charge in [0, 0.05) is 41.6 Å². The Morgan fingerprint density at radius 3 is 1.77 bits per heavy atom. The van der Waals surface area contributed by atoms with Crippen LogP contribution >= 0.6 is 0 Å². The van der Waals surface area contributed by atoms with Crippen LogP contribution in [0.25, 0.3) is 44.8 Å². The van der Waals surface area contributed by atoms with E-state index < -0.39 is 24.3 Å². The van der Waals surface area contributed by atoms with E-state index in [0.29, 0.717) is 54.6 Å². The van der Waals surface area contributed by atoms with Crippen molar-refractivity contribution in [2.24, 2.45) is 0 Å². The lowest BCUT2D eigenvalue weighted by atomic mass is 10.0. The van der Waals surface area contributed by atoms with E-state index in [4.69, 9.17) is 28.6 Å². The zero-order chi connectivity index (χ0) is 45.3. The van der Waals surface area contributed by atoms with Gasteiger partial charge < -0.3 is 49.0 Å². The number of aromatic nitrogens is 4. The maximum absolute atomic E-state index is 14.1. The Bertz CT molecular complexity index is 2930. The van der Waals surface area contributed by atoms with Crippen LogP contribution < -0.4 is 15.4 Å². The molecule has 1 unspecified atom stereocenters. The highest BCUT2D eigenvalue weighted by Gasteiger charge is 2.39. The van der Waals surface area contributed by atoms with Crippen LogP contribution in [0.1, 0.15) is 78.2 Å². The fourth-order valence-corrected chi connectivity index (χ4v) is 9.53. The number of ether oxygens (including phenoxy) is 3. The summed E-state index contributed by atoms with van der Waals surface area (Å²) < 4.78 is 22.6. The van der Waals surface area contributed by atoms with E-state index in [2.05, 4.69) is 26.7 Å². The van der Waals surface area contributed by atoms with Crippen molar-refractivity contribution < 1.29 is 37.8 Å². The molecule has 3 aliphatic rings. The summed E-state index contributed by atoms with van der Waals surface area (Å²) in [6.07, 6.45) is 5.86. The number of methoxy groups -OCH3 is 2. The van der Waals surface area contributed by atoms with E-state index in [1.54, 1.807) is 22.2 Å². The lowest BCUT2D eigenvalue weighted by Gasteiger charge is -2.28. The van der Waals surface area contributed by atoms with E-state index in [1.807, 2.05) is 91.0 Å². The number of amides is 4. The quantitative estimate of drug-likeness (QED) is 0.104. The fourth-order valence-electron chi connectivity index (χ4n) is 9.53. The molecule has 0 bridgehead atoms. The molecule has 336 valence electrons. The average molecular weight is 889 g/mol. The maximum atomic E-state index is 14.1. The summed E-state index contributed by atoms with van der Waals surface area (Å²) in [6, 6.07) is 28.0. The van der Waals surface area contributed by atoms with Gasteiger partial charge in [0.1, 0.15) is 40.8 Å². The van der Waals surface area contributed by atoms with Crippen molar-refractivity contribution in [3.05, 3.63) is 138 Å². The van der Waals surface area contributed by atoms with Crippen LogP contribution in [0.15, 0.2) is 114 Å². The molecule has 7 aromatic rings. The first-order valence-electron chi connectivity index (χ1n) is 22.1. The third-order valence-corrected chi connectivity index (χ3v) is 12.8. The lowest BCUT2D eigenvalue weighted by molar-refractivity contribution is -0.135. The Labute approximate surface area is 379 Å². The SMILES string of the molecule is COC(=O)NC(C(=O)N1CCC[C@H]1c1ncc(-c2ccc3oc4c(c3c2)CCOc2cc(-c3cnc([C@@H]5CCCN5C(=O)[C@@H](NC(=O)OC)c5ccccc5)[nH]3)ccc2-4)[nH]1)c1ccccc1. The summed E-state index contributed by atoms with van der Waals surface area (Å²) in [7, 11) is 2.55. The van der Waals surface area contributed by atoms with Gasteiger partial charge >= 0.3 is 12.2 Å². The maximum Gasteiger partial charge on any atom is 0.407 e. The molecule has 16 nitrogen and oxygen atoms in total. The molecule has 3 aliphatic heterocycles. The highest BCUT2D eigenvalue weighted by Crippen LogP contribution is 2.44. The van der Waals surface area contributed by atoms with Crippen molar-refractivity contribution in [1.29, 1.82) is 0 Å². The minimum absolute atomic E-state index is 0.229. The highest BCUT2D eigenvalue weighted by atomic mass is 16.5. The molecule has 16 heteroatoms. The topological polar surface area (TPSA) is 197 Å². The highest BCUT2D eigenvalue weighted by molar-refractivity contribution is 5.93. The second-order valence-electron chi connectivity index (χ2n) is 16.6. The number of imidazole rings is 2.